The van der Waals surface area contributed by atoms with E-state index in [0.29, 0.717) is 18.9 Å². The van der Waals surface area contributed by atoms with E-state index in [2.05, 4.69) is 5.10 Å². The quantitative estimate of drug-likeness (QED) is 0.920. The minimum Gasteiger partial charge on any atom is -0.382 e. The second-order valence-electron chi connectivity index (χ2n) is 6.42. The van der Waals surface area contributed by atoms with Crippen LogP contribution in [0.1, 0.15) is 69.5 Å². The second-order valence-corrected chi connectivity index (χ2v) is 6.42. The molecule has 2 aliphatic carbocycles. The van der Waals surface area contributed by atoms with Crippen LogP contribution in [0.25, 0.3) is 0 Å². The van der Waals surface area contributed by atoms with Gasteiger partial charge in [0, 0.05) is 6.20 Å². The summed E-state index contributed by atoms with van der Waals surface area (Å²) in [5, 5.41) is 14.9. The van der Waals surface area contributed by atoms with Crippen molar-refractivity contribution in [3.8, 4) is 0 Å². The molecule has 20 heavy (non-hydrogen) atoms. The molecular weight excluding hydrogens is 252 g/mol. The van der Waals surface area contributed by atoms with Crippen molar-refractivity contribution in [2.24, 2.45) is 0 Å². The minimum atomic E-state index is -1.07. The van der Waals surface area contributed by atoms with Crippen LogP contribution in [0.2, 0.25) is 0 Å². The topological polar surface area (TPSA) is 55.1 Å². The molecule has 4 heteroatoms. The second kappa shape index (κ2) is 5.68. The molecule has 4 nitrogen and oxygen atoms in total. The van der Waals surface area contributed by atoms with Crippen molar-refractivity contribution in [1.29, 1.82) is 0 Å². The Morgan fingerprint density at radius 1 is 1.25 bits per heavy atom. The molecule has 110 valence electrons. The van der Waals surface area contributed by atoms with E-state index in [4.69, 9.17) is 0 Å². The normalized spacial score (nSPS) is 23.1. The fourth-order valence-electron chi connectivity index (χ4n) is 3.59. The Morgan fingerprint density at radius 2 is 1.95 bits per heavy atom. The number of Topliss-reactive ketones (excluding diaryl/α,β-unsaturated/α-hetero) is 1. The first-order valence-electron chi connectivity index (χ1n) is 7.97. The highest BCUT2D eigenvalue weighted by atomic mass is 16.3. The predicted molar refractivity (Wildman–Crippen MR) is 76.5 cm³/mol. The number of aliphatic hydroxyl groups is 1. The molecule has 1 heterocycles. The third kappa shape index (κ3) is 2.80. The van der Waals surface area contributed by atoms with Gasteiger partial charge in [0.2, 0.25) is 0 Å². The molecule has 0 aromatic carbocycles. The van der Waals surface area contributed by atoms with Gasteiger partial charge in [-0.3, -0.25) is 9.48 Å². The molecule has 0 saturated heterocycles. The van der Waals surface area contributed by atoms with Gasteiger partial charge in [-0.25, -0.2) is 0 Å². The number of nitrogens with zero attached hydrogens (tertiary/aromatic N) is 2. The van der Waals surface area contributed by atoms with Gasteiger partial charge in [0.25, 0.3) is 0 Å². The summed E-state index contributed by atoms with van der Waals surface area (Å²) < 4.78 is 2.03. The van der Waals surface area contributed by atoms with Crippen LogP contribution in [0.15, 0.2) is 12.3 Å². The van der Waals surface area contributed by atoms with E-state index in [-0.39, 0.29) is 12.2 Å². The molecule has 1 aromatic rings. The summed E-state index contributed by atoms with van der Waals surface area (Å²) in [6.45, 7) is 0. The zero-order valence-corrected chi connectivity index (χ0v) is 12.1. The number of carbonyl (C=O) groups excluding carboxylic acids is 1. The van der Waals surface area contributed by atoms with E-state index in [1.165, 1.54) is 32.1 Å². The molecule has 0 atom stereocenters. The Hall–Kier alpha value is -1.16. The molecule has 2 fully saturated rings. The van der Waals surface area contributed by atoms with Crippen LogP contribution in [-0.4, -0.2) is 26.3 Å². The third-order valence-corrected chi connectivity index (χ3v) is 4.90. The van der Waals surface area contributed by atoms with Gasteiger partial charge < -0.3 is 5.11 Å². The molecule has 0 radical (unpaired) electrons. The maximum Gasteiger partial charge on any atom is 0.170 e. The van der Waals surface area contributed by atoms with Crippen molar-refractivity contribution in [3.05, 3.63) is 18.0 Å². The standard InChI is InChI=1S/C16H24N2O2/c19-15(16(20)9-4-5-10-16)12-13-8-11-18(17-13)14-6-2-1-3-7-14/h8,11,14,20H,1-7,9-10,12H2. The monoisotopic (exact) mass is 276 g/mol. The van der Waals surface area contributed by atoms with Gasteiger partial charge in [-0.05, 0) is 44.6 Å². The summed E-state index contributed by atoms with van der Waals surface area (Å²) in [7, 11) is 0. The summed E-state index contributed by atoms with van der Waals surface area (Å²) in [4.78, 5) is 12.2. The minimum absolute atomic E-state index is 0.0519. The lowest BCUT2D eigenvalue weighted by Gasteiger charge is -2.22. The molecule has 0 spiro atoms. The van der Waals surface area contributed by atoms with E-state index < -0.39 is 5.60 Å². The lowest BCUT2D eigenvalue weighted by Crippen LogP contribution is -2.36. The van der Waals surface area contributed by atoms with Crippen molar-refractivity contribution >= 4 is 5.78 Å². The maximum atomic E-state index is 12.2. The Kier molecular flexibility index (Phi) is 3.92. The summed E-state index contributed by atoms with van der Waals surface area (Å²) in [6.07, 6.45) is 11.7. The fraction of sp³-hybridized carbons (Fsp3) is 0.750. The lowest BCUT2D eigenvalue weighted by atomic mass is 9.93. The van der Waals surface area contributed by atoms with Crippen LogP contribution >= 0.6 is 0 Å². The number of ketones is 1. The maximum absolute atomic E-state index is 12.2. The van der Waals surface area contributed by atoms with E-state index in [9.17, 15) is 9.90 Å². The van der Waals surface area contributed by atoms with E-state index >= 15 is 0 Å². The molecular formula is C16H24N2O2. The van der Waals surface area contributed by atoms with Crippen LogP contribution in [0.5, 0.6) is 0 Å². The van der Waals surface area contributed by atoms with Crippen molar-refractivity contribution < 1.29 is 9.90 Å². The van der Waals surface area contributed by atoms with Gasteiger partial charge in [0.05, 0.1) is 18.2 Å². The lowest BCUT2D eigenvalue weighted by molar-refractivity contribution is -0.136. The first-order valence-corrected chi connectivity index (χ1v) is 7.97. The van der Waals surface area contributed by atoms with E-state index in [0.717, 1.165) is 18.5 Å². The van der Waals surface area contributed by atoms with E-state index in [1.54, 1.807) is 0 Å². The molecule has 0 bridgehead atoms. The molecule has 2 saturated carbocycles. The third-order valence-electron chi connectivity index (χ3n) is 4.90. The van der Waals surface area contributed by atoms with Gasteiger partial charge in [-0.15, -0.1) is 0 Å². The van der Waals surface area contributed by atoms with Gasteiger partial charge >= 0.3 is 0 Å². The number of carbonyl (C=O) groups is 1. The van der Waals surface area contributed by atoms with Crippen molar-refractivity contribution in [3.63, 3.8) is 0 Å². The highest BCUT2D eigenvalue weighted by molar-refractivity contribution is 5.88. The first-order chi connectivity index (χ1) is 9.67. The molecule has 1 aromatic heterocycles. The smallest absolute Gasteiger partial charge is 0.170 e. The van der Waals surface area contributed by atoms with Crippen LogP contribution in [0, 0.1) is 0 Å². The summed E-state index contributed by atoms with van der Waals surface area (Å²) >= 11 is 0. The van der Waals surface area contributed by atoms with Crippen molar-refractivity contribution in [1.82, 2.24) is 9.78 Å². The van der Waals surface area contributed by atoms with Crippen LogP contribution < -0.4 is 0 Å². The average Bonchev–Trinajstić information content (AvgIpc) is 3.10. The first kappa shape index (κ1) is 13.8. The molecule has 0 aliphatic heterocycles. The van der Waals surface area contributed by atoms with Crippen LogP contribution in [-0.2, 0) is 11.2 Å². The Morgan fingerprint density at radius 3 is 2.65 bits per heavy atom. The molecule has 3 rings (SSSR count). The largest absolute Gasteiger partial charge is 0.382 e. The van der Waals surface area contributed by atoms with Gasteiger partial charge in [0.15, 0.2) is 5.78 Å². The fourth-order valence-corrected chi connectivity index (χ4v) is 3.59. The Bertz CT molecular complexity index is 469. The Labute approximate surface area is 120 Å². The summed E-state index contributed by atoms with van der Waals surface area (Å²) in [5.74, 6) is -0.0519. The van der Waals surface area contributed by atoms with Gasteiger partial charge in [-0.2, -0.15) is 5.10 Å². The molecule has 0 unspecified atom stereocenters. The van der Waals surface area contributed by atoms with Crippen LogP contribution in [0.4, 0.5) is 0 Å². The SMILES string of the molecule is O=C(Cc1ccn(C2CCCCC2)n1)C1(O)CCCC1. The Balaban J connectivity index is 1.63. The van der Waals surface area contributed by atoms with Crippen molar-refractivity contribution in [2.45, 2.75) is 75.9 Å². The number of hydrogen-bond acceptors (Lipinski definition) is 3. The summed E-state index contributed by atoms with van der Waals surface area (Å²) in [5.41, 5.74) is -0.268. The van der Waals surface area contributed by atoms with Crippen molar-refractivity contribution in [2.75, 3.05) is 0 Å². The zero-order chi connectivity index (χ0) is 14.0. The molecule has 2 aliphatic rings. The number of rotatable bonds is 4. The average molecular weight is 276 g/mol. The summed E-state index contributed by atoms with van der Waals surface area (Å²) in [6, 6.07) is 2.44. The van der Waals surface area contributed by atoms with Gasteiger partial charge in [0.1, 0.15) is 5.60 Å². The van der Waals surface area contributed by atoms with Gasteiger partial charge in [-0.1, -0.05) is 19.3 Å². The molecule has 1 N–H and O–H groups in total. The predicted octanol–water partition coefficient (Wildman–Crippen LogP) is 2.81. The number of hydrogen-bond donors (Lipinski definition) is 1. The van der Waals surface area contributed by atoms with E-state index in [1.807, 2.05) is 16.9 Å². The number of aromatic nitrogens is 2. The van der Waals surface area contributed by atoms with Crippen LogP contribution in [0.3, 0.4) is 0 Å². The highest BCUT2D eigenvalue weighted by Crippen LogP contribution is 2.31. The molecule has 0 amide bonds. The zero-order valence-electron chi connectivity index (χ0n) is 12.1. The highest BCUT2D eigenvalue weighted by Gasteiger charge is 2.38.